The fourth-order valence-corrected chi connectivity index (χ4v) is 5.09. The highest BCUT2D eigenvalue weighted by Crippen LogP contribution is 2.47. The number of hydrogen-bond donors (Lipinski definition) is 4. The Hall–Kier alpha value is -2.73. The van der Waals surface area contributed by atoms with Gasteiger partial charge in [0, 0.05) is 11.9 Å². The van der Waals surface area contributed by atoms with E-state index >= 15 is 0 Å². The molecular weight excluding hydrogens is 493 g/mol. The van der Waals surface area contributed by atoms with Crippen LogP contribution in [-0.2, 0) is 23.4 Å². The van der Waals surface area contributed by atoms with E-state index in [1.165, 1.54) is 26.1 Å². The molecule has 2 aliphatic heterocycles. The molecule has 3 rings (SSSR count). The lowest BCUT2D eigenvalue weighted by Crippen LogP contribution is -2.49. The molecule has 2 aliphatic rings. The fourth-order valence-electron chi connectivity index (χ4n) is 3.50. The SMILES string of the molecule is C=C1C=CN([C@@H]2O[C@](C)(COP(=O)(N[C@@H](C)C(=O)OC(C)C)Oc3ccccc3)C(O)[C@@H]2O)C(=O)N1. The number of urea groups is 1. The van der Waals surface area contributed by atoms with Crippen LogP contribution < -0.4 is 14.9 Å². The van der Waals surface area contributed by atoms with E-state index in [1.54, 1.807) is 44.2 Å². The van der Waals surface area contributed by atoms with Gasteiger partial charge in [-0.05, 0) is 45.9 Å². The number of aliphatic hydroxyl groups excluding tert-OH is 2. The van der Waals surface area contributed by atoms with Crippen molar-refractivity contribution in [2.24, 2.45) is 0 Å². The summed E-state index contributed by atoms with van der Waals surface area (Å²) in [4.78, 5) is 25.7. The summed E-state index contributed by atoms with van der Waals surface area (Å²) < 4.78 is 35.9. The molecule has 0 aliphatic carbocycles. The number of ether oxygens (including phenoxy) is 2. The van der Waals surface area contributed by atoms with Crippen LogP contribution in [0.15, 0.2) is 54.9 Å². The van der Waals surface area contributed by atoms with E-state index in [2.05, 4.69) is 17.0 Å². The van der Waals surface area contributed by atoms with E-state index in [1.807, 2.05) is 0 Å². The number of esters is 1. The van der Waals surface area contributed by atoms with Gasteiger partial charge in [0.1, 0.15) is 29.6 Å². The Morgan fingerprint density at radius 2 is 1.97 bits per heavy atom. The van der Waals surface area contributed by atoms with Crippen LogP contribution >= 0.6 is 7.75 Å². The molecule has 1 aromatic rings. The standard InChI is InChI=1S/C23H32N3O9P/c1-14(2)33-21(29)16(4)25-36(31,35-17-9-7-6-8-10-17)32-13-23(5)19(28)18(27)20(34-23)26-12-11-15(3)24-22(26)30/h6-12,14,16,18-20,27-28H,3,13H2,1-2,4-5H3,(H,24,30)(H,25,31)/t16-,18-,19?,20+,23+,36?/m0/s1. The smallest absolute Gasteiger partial charge is 0.459 e. The maximum atomic E-state index is 13.7. The number of aliphatic hydroxyl groups is 2. The van der Waals surface area contributed by atoms with Gasteiger partial charge >= 0.3 is 19.7 Å². The lowest BCUT2D eigenvalue weighted by Gasteiger charge is -2.32. The third-order valence-corrected chi connectivity index (χ3v) is 7.01. The van der Waals surface area contributed by atoms with Crippen LogP contribution in [0, 0.1) is 0 Å². The third-order valence-electron chi connectivity index (χ3n) is 5.39. The van der Waals surface area contributed by atoms with Gasteiger partial charge in [0.05, 0.1) is 12.7 Å². The van der Waals surface area contributed by atoms with E-state index in [9.17, 15) is 24.4 Å². The first-order chi connectivity index (χ1) is 16.8. The predicted octanol–water partition coefficient (Wildman–Crippen LogP) is 2.01. The minimum atomic E-state index is -4.25. The first-order valence-electron chi connectivity index (χ1n) is 11.3. The van der Waals surface area contributed by atoms with Crippen LogP contribution in [0.4, 0.5) is 4.79 Å². The molecule has 1 aromatic carbocycles. The van der Waals surface area contributed by atoms with Gasteiger partial charge in [-0.1, -0.05) is 24.8 Å². The minimum absolute atomic E-state index is 0.198. The van der Waals surface area contributed by atoms with Crippen LogP contribution in [0.25, 0.3) is 0 Å². The average molecular weight is 525 g/mol. The lowest BCUT2D eigenvalue weighted by atomic mass is 9.98. The number of allylic oxidation sites excluding steroid dienone is 1. The van der Waals surface area contributed by atoms with Gasteiger partial charge < -0.3 is 29.5 Å². The highest BCUT2D eigenvalue weighted by atomic mass is 31.2. The molecule has 12 nitrogen and oxygen atoms in total. The molecule has 13 heteroatoms. The van der Waals surface area contributed by atoms with E-state index in [0.29, 0.717) is 5.70 Å². The van der Waals surface area contributed by atoms with Crippen molar-refractivity contribution in [3.05, 3.63) is 54.9 Å². The molecule has 0 spiro atoms. The Balaban J connectivity index is 1.78. The second-order valence-electron chi connectivity index (χ2n) is 8.95. The summed E-state index contributed by atoms with van der Waals surface area (Å²) in [5.41, 5.74) is -1.25. The molecule has 36 heavy (non-hydrogen) atoms. The first-order valence-corrected chi connectivity index (χ1v) is 12.9. The summed E-state index contributed by atoms with van der Waals surface area (Å²) in [5, 5.41) is 26.4. The average Bonchev–Trinajstić information content (AvgIpc) is 3.02. The second-order valence-corrected chi connectivity index (χ2v) is 10.6. The molecule has 4 N–H and O–H groups in total. The number of carbonyl (C=O) groups excluding carboxylic acids is 2. The molecular formula is C23H32N3O9P. The summed E-state index contributed by atoms with van der Waals surface area (Å²) in [7, 11) is -4.25. The van der Waals surface area contributed by atoms with Crippen molar-refractivity contribution in [3.63, 3.8) is 0 Å². The maximum absolute atomic E-state index is 13.7. The van der Waals surface area contributed by atoms with Crippen molar-refractivity contribution in [3.8, 4) is 5.75 Å². The monoisotopic (exact) mass is 525 g/mol. The van der Waals surface area contributed by atoms with Crippen molar-refractivity contribution < 1.29 is 42.9 Å². The molecule has 1 fully saturated rings. The largest absolute Gasteiger partial charge is 0.462 e. The molecule has 6 atom stereocenters. The fraction of sp³-hybridized carbons (Fsp3) is 0.478. The van der Waals surface area contributed by atoms with E-state index in [0.717, 1.165) is 4.90 Å². The Kier molecular flexibility index (Phi) is 8.60. The van der Waals surface area contributed by atoms with Crippen molar-refractivity contribution in [1.82, 2.24) is 15.3 Å². The zero-order valence-electron chi connectivity index (χ0n) is 20.5. The van der Waals surface area contributed by atoms with Gasteiger partial charge in [-0.15, -0.1) is 0 Å². The van der Waals surface area contributed by atoms with Gasteiger partial charge in [-0.2, -0.15) is 5.09 Å². The second kappa shape index (κ2) is 11.1. The molecule has 0 saturated carbocycles. The first kappa shape index (κ1) is 27.9. The molecule has 2 unspecified atom stereocenters. The quantitative estimate of drug-likeness (QED) is 0.263. The zero-order valence-corrected chi connectivity index (χ0v) is 21.4. The summed E-state index contributed by atoms with van der Waals surface area (Å²) in [6.45, 7) is 9.31. The van der Waals surface area contributed by atoms with Gasteiger partial charge in [0.2, 0.25) is 0 Å². The lowest BCUT2D eigenvalue weighted by molar-refractivity contribution is -0.149. The number of para-hydroxylation sites is 1. The summed E-state index contributed by atoms with van der Waals surface area (Å²) in [6, 6.07) is 6.47. The number of hydrogen-bond acceptors (Lipinski definition) is 9. The van der Waals surface area contributed by atoms with E-state index in [4.69, 9.17) is 18.5 Å². The van der Waals surface area contributed by atoms with Gasteiger partial charge in [0.25, 0.3) is 0 Å². The molecule has 2 amide bonds. The number of benzene rings is 1. The molecule has 1 saturated heterocycles. The number of nitrogens with zero attached hydrogens (tertiary/aromatic N) is 1. The van der Waals surface area contributed by atoms with Crippen LogP contribution in [0.1, 0.15) is 27.7 Å². The minimum Gasteiger partial charge on any atom is -0.462 e. The Morgan fingerprint density at radius 3 is 2.58 bits per heavy atom. The van der Waals surface area contributed by atoms with E-state index < -0.39 is 62.5 Å². The van der Waals surface area contributed by atoms with Crippen molar-refractivity contribution in [1.29, 1.82) is 0 Å². The van der Waals surface area contributed by atoms with Crippen LogP contribution in [0.2, 0.25) is 0 Å². The Labute approximate surface area is 209 Å². The molecule has 2 heterocycles. The normalized spacial score (nSPS) is 28.5. The molecule has 0 bridgehead atoms. The molecule has 198 valence electrons. The predicted molar refractivity (Wildman–Crippen MR) is 128 cm³/mol. The van der Waals surface area contributed by atoms with Gasteiger partial charge in [-0.3, -0.25) is 14.2 Å². The van der Waals surface area contributed by atoms with E-state index in [-0.39, 0.29) is 5.75 Å². The van der Waals surface area contributed by atoms with Crippen LogP contribution in [-0.4, -0.2) is 69.9 Å². The Morgan fingerprint density at radius 1 is 1.31 bits per heavy atom. The topological polar surface area (TPSA) is 156 Å². The van der Waals surface area contributed by atoms with Crippen molar-refractivity contribution in [2.75, 3.05) is 6.61 Å². The van der Waals surface area contributed by atoms with Crippen molar-refractivity contribution >= 4 is 19.7 Å². The maximum Gasteiger partial charge on any atom is 0.459 e. The highest BCUT2D eigenvalue weighted by Gasteiger charge is 2.55. The van der Waals surface area contributed by atoms with Gasteiger partial charge in [0.15, 0.2) is 6.23 Å². The number of rotatable bonds is 10. The molecule has 0 aromatic heterocycles. The summed E-state index contributed by atoms with van der Waals surface area (Å²) in [6.07, 6.45) is -1.83. The summed E-state index contributed by atoms with van der Waals surface area (Å²) in [5.74, 6) is -0.474. The highest BCUT2D eigenvalue weighted by molar-refractivity contribution is 7.52. The van der Waals surface area contributed by atoms with Crippen LogP contribution in [0.3, 0.4) is 0 Å². The summed E-state index contributed by atoms with van der Waals surface area (Å²) >= 11 is 0. The number of amides is 2. The Bertz CT molecular complexity index is 1050. The van der Waals surface area contributed by atoms with Crippen molar-refractivity contribution in [2.45, 2.75) is 63.9 Å². The number of nitrogens with one attached hydrogen (secondary N) is 2. The third kappa shape index (κ3) is 6.52. The van der Waals surface area contributed by atoms with Gasteiger partial charge in [-0.25, -0.2) is 9.36 Å². The number of carbonyl (C=O) groups is 2. The molecule has 0 radical (unpaired) electrons. The van der Waals surface area contributed by atoms with Crippen LogP contribution in [0.5, 0.6) is 5.75 Å². The zero-order chi connectivity index (χ0) is 26.7.